The predicted molar refractivity (Wildman–Crippen MR) is 188 cm³/mol. The number of hydrogen-bond donors (Lipinski definition) is 0. The molecule has 1 saturated carbocycles. The molecular formula is C41H45N3O. The summed E-state index contributed by atoms with van der Waals surface area (Å²) in [5, 5.41) is 2.50. The van der Waals surface area contributed by atoms with Crippen LogP contribution in [0.2, 0.25) is 0 Å². The van der Waals surface area contributed by atoms with Crippen molar-refractivity contribution in [3.63, 3.8) is 0 Å². The molecule has 0 N–H and O–H groups in total. The first kappa shape index (κ1) is 29.6. The van der Waals surface area contributed by atoms with Crippen molar-refractivity contribution >= 4 is 21.8 Å². The topological polar surface area (TPSA) is 32.0 Å². The number of rotatable bonds is 10. The SMILES string of the molecule is CCCCCCOC1CCC(c2cc(C)c(-n3ccnc3-c3ccc4c(c3)c3ccccc3n4-c3ccccc3)c(C)c2)CC1. The third-order valence-corrected chi connectivity index (χ3v) is 9.84. The Balaban J connectivity index is 1.16. The lowest BCUT2D eigenvalue weighted by Crippen LogP contribution is -2.21. The van der Waals surface area contributed by atoms with E-state index in [1.54, 1.807) is 0 Å². The Kier molecular flexibility index (Phi) is 8.58. The van der Waals surface area contributed by atoms with Gasteiger partial charge in [0.15, 0.2) is 0 Å². The predicted octanol–water partition coefficient (Wildman–Crippen LogP) is 10.9. The number of para-hydroxylation sites is 2. The number of nitrogens with zero attached hydrogens (tertiary/aromatic N) is 3. The Morgan fingerprint density at radius 1 is 0.756 bits per heavy atom. The summed E-state index contributed by atoms with van der Waals surface area (Å²) in [6, 6.07) is 31.0. The highest BCUT2D eigenvalue weighted by atomic mass is 16.5. The van der Waals surface area contributed by atoms with Gasteiger partial charge in [0.1, 0.15) is 5.82 Å². The molecule has 230 valence electrons. The van der Waals surface area contributed by atoms with Crippen LogP contribution in [0.15, 0.2) is 97.3 Å². The zero-order valence-corrected chi connectivity index (χ0v) is 27.0. The van der Waals surface area contributed by atoms with Crippen molar-refractivity contribution in [3.05, 3.63) is 114 Å². The Morgan fingerprint density at radius 3 is 2.27 bits per heavy atom. The molecule has 4 aromatic carbocycles. The number of imidazole rings is 1. The summed E-state index contributed by atoms with van der Waals surface area (Å²) in [6.07, 6.45) is 14.4. The smallest absolute Gasteiger partial charge is 0.144 e. The first-order valence-electron chi connectivity index (χ1n) is 17.0. The summed E-state index contributed by atoms with van der Waals surface area (Å²) in [5.41, 5.74) is 10.0. The fourth-order valence-electron chi connectivity index (χ4n) is 7.61. The van der Waals surface area contributed by atoms with E-state index in [0.29, 0.717) is 12.0 Å². The average molecular weight is 596 g/mol. The zero-order valence-electron chi connectivity index (χ0n) is 27.0. The molecule has 7 rings (SSSR count). The van der Waals surface area contributed by atoms with Crippen molar-refractivity contribution in [2.75, 3.05) is 6.61 Å². The van der Waals surface area contributed by atoms with E-state index in [9.17, 15) is 0 Å². The fraction of sp³-hybridized carbons (Fsp3) is 0.341. The van der Waals surface area contributed by atoms with Gasteiger partial charge in [0.25, 0.3) is 0 Å². The molecule has 0 amide bonds. The standard InChI is InChI=1S/C41H45N3O/c1-4-5-6-12-25-45-35-20-17-31(18-21-35)33-26-29(2)40(30(3)27-33)43-24-23-42-41(43)32-19-22-39-37(28-32)36-15-10-11-16-38(36)44(39)34-13-8-7-9-14-34/h7-11,13-16,19,22-24,26-28,31,35H,4-6,12,17-18,20-21,25H2,1-3H3. The molecule has 4 heteroatoms. The van der Waals surface area contributed by atoms with Gasteiger partial charge in [0.05, 0.1) is 22.8 Å². The Morgan fingerprint density at radius 2 is 1.49 bits per heavy atom. The van der Waals surface area contributed by atoms with Crippen molar-refractivity contribution in [1.82, 2.24) is 14.1 Å². The number of aryl methyl sites for hydroxylation is 2. The summed E-state index contributed by atoms with van der Waals surface area (Å²) in [7, 11) is 0. The maximum absolute atomic E-state index is 6.25. The second-order valence-corrected chi connectivity index (χ2v) is 12.9. The third kappa shape index (κ3) is 5.84. The maximum atomic E-state index is 6.25. The quantitative estimate of drug-likeness (QED) is 0.148. The van der Waals surface area contributed by atoms with E-state index in [2.05, 4.69) is 121 Å². The van der Waals surface area contributed by atoms with Crippen LogP contribution in [0.5, 0.6) is 0 Å². The lowest BCUT2D eigenvalue weighted by molar-refractivity contribution is 0.0226. The van der Waals surface area contributed by atoms with Crippen LogP contribution in [0.4, 0.5) is 0 Å². The molecule has 4 nitrogen and oxygen atoms in total. The summed E-state index contributed by atoms with van der Waals surface area (Å²) >= 11 is 0. The molecule has 0 aliphatic heterocycles. The minimum absolute atomic E-state index is 0.442. The van der Waals surface area contributed by atoms with Gasteiger partial charge in [-0.15, -0.1) is 0 Å². The largest absolute Gasteiger partial charge is 0.378 e. The Hall–Kier alpha value is -4.15. The number of ether oxygens (including phenoxy) is 1. The van der Waals surface area contributed by atoms with E-state index in [0.717, 1.165) is 18.0 Å². The molecule has 2 heterocycles. The third-order valence-electron chi connectivity index (χ3n) is 9.84. The van der Waals surface area contributed by atoms with Crippen LogP contribution in [0.1, 0.15) is 80.9 Å². The van der Waals surface area contributed by atoms with Gasteiger partial charge in [-0.1, -0.05) is 74.7 Å². The van der Waals surface area contributed by atoms with Gasteiger partial charge in [-0.3, -0.25) is 4.57 Å². The van der Waals surface area contributed by atoms with Gasteiger partial charge in [0, 0.05) is 41.0 Å². The average Bonchev–Trinajstić information content (AvgIpc) is 3.68. The molecule has 0 bridgehead atoms. The van der Waals surface area contributed by atoms with Crippen LogP contribution in [0.3, 0.4) is 0 Å². The Labute approximate surface area is 267 Å². The lowest BCUT2D eigenvalue weighted by Gasteiger charge is -2.30. The van der Waals surface area contributed by atoms with Crippen LogP contribution < -0.4 is 0 Å². The number of benzene rings is 4. The highest BCUT2D eigenvalue weighted by Crippen LogP contribution is 2.38. The van der Waals surface area contributed by atoms with Gasteiger partial charge in [-0.2, -0.15) is 0 Å². The normalized spacial score (nSPS) is 17.0. The summed E-state index contributed by atoms with van der Waals surface area (Å²) < 4.78 is 10.9. The van der Waals surface area contributed by atoms with Gasteiger partial charge in [-0.05, 0) is 105 Å². The summed E-state index contributed by atoms with van der Waals surface area (Å²) in [4.78, 5) is 4.90. The van der Waals surface area contributed by atoms with Crippen LogP contribution in [-0.2, 0) is 4.74 Å². The van der Waals surface area contributed by atoms with Gasteiger partial charge in [0.2, 0.25) is 0 Å². The van der Waals surface area contributed by atoms with E-state index in [1.807, 2.05) is 6.20 Å². The second kappa shape index (κ2) is 13.1. The van der Waals surface area contributed by atoms with Crippen molar-refractivity contribution in [2.24, 2.45) is 0 Å². The molecule has 2 aromatic heterocycles. The van der Waals surface area contributed by atoms with Crippen molar-refractivity contribution in [1.29, 1.82) is 0 Å². The number of hydrogen-bond acceptors (Lipinski definition) is 2. The highest BCUT2D eigenvalue weighted by molar-refractivity contribution is 6.10. The first-order valence-corrected chi connectivity index (χ1v) is 17.0. The molecule has 0 atom stereocenters. The minimum atomic E-state index is 0.442. The summed E-state index contributed by atoms with van der Waals surface area (Å²) in [6.45, 7) is 7.71. The minimum Gasteiger partial charge on any atom is -0.378 e. The van der Waals surface area contributed by atoms with Crippen molar-refractivity contribution in [2.45, 2.75) is 84.2 Å². The Bertz CT molecular complexity index is 1880. The van der Waals surface area contributed by atoms with Gasteiger partial charge >= 0.3 is 0 Å². The molecular weight excluding hydrogens is 550 g/mol. The molecule has 1 aliphatic carbocycles. The zero-order chi connectivity index (χ0) is 30.8. The fourth-order valence-corrected chi connectivity index (χ4v) is 7.61. The highest BCUT2D eigenvalue weighted by Gasteiger charge is 2.24. The van der Waals surface area contributed by atoms with Crippen LogP contribution in [0.25, 0.3) is 44.6 Å². The molecule has 6 aromatic rings. The van der Waals surface area contributed by atoms with Gasteiger partial charge in [-0.25, -0.2) is 4.98 Å². The number of aromatic nitrogens is 3. The molecule has 1 aliphatic rings. The number of unbranched alkanes of at least 4 members (excludes halogenated alkanes) is 3. The molecule has 1 fully saturated rings. The van der Waals surface area contributed by atoms with Crippen LogP contribution >= 0.6 is 0 Å². The van der Waals surface area contributed by atoms with E-state index >= 15 is 0 Å². The molecule has 0 spiro atoms. The van der Waals surface area contributed by atoms with Crippen LogP contribution in [-0.4, -0.2) is 26.8 Å². The molecule has 0 saturated heterocycles. The van der Waals surface area contributed by atoms with E-state index < -0.39 is 0 Å². The summed E-state index contributed by atoms with van der Waals surface area (Å²) in [5.74, 6) is 1.59. The monoisotopic (exact) mass is 595 g/mol. The molecule has 0 radical (unpaired) electrons. The van der Waals surface area contributed by atoms with E-state index in [-0.39, 0.29) is 0 Å². The first-order chi connectivity index (χ1) is 22.1. The van der Waals surface area contributed by atoms with Crippen molar-refractivity contribution in [3.8, 4) is 22.8 Å². The van der Waals surface area contributed by atoms with Gasteiger partial charge < -0.3 is 9.30 Å². The van der Waals surface area contributed by atoms with E-state index in [1.165, 1.54) is 101 Å². The maximum Gasteiger partial charge on any atom is 0.144 e. The van der Waals surface area contributed by atoms with E-state index in [4.69, 9.17) is 9.72 Å². The van der Waals surface area contributed by atoms with Crippen LogP contribution in [0, 0.1) is 13.8 Å². The molecule has 45 heavy (non-hydrogen) atoms. The second-order valence-electron chi connectivity index (χ2n) is 12.9. The lowest BCUT2D eigenvalue weighted by atomic mass is 9.81. The molecule has 0 unspecified atom stereocenters. The number of fused-ring (bicyclic) bond motifs is 3. The van der Waals surface area contributed by atoms with Crippen molar-refractivity contribution < 1.29 is 4.74 Å².